The number of nitrogens with zero attached hydrogens (tertiary/aromatic N) is 1. The molecule has 0 saturated carbocycles. The molecule has 4 nitrogen and oxygen atoms in total. The van der Waals surface area contributed by atoms with Crippen LogP contribution < -0.4 is 0 Å². The zero-order chi connectivity index (χ0) is 18.5. The Labute approximate surface area is 161 Å². The molecule has 4 heteroatoms. The highest BCUT2D eigenvalue weighted by molar-refractivity contribution is 5.37. The monoisotopic (exact) mass is 365 g/mol. The van der Waals surface area contributed by atoms with E-state index >= 15 is 0 Å². The molecule has 0 radical (unpaired) electrons. The van der Waals surface area contributed by atoms with Gasteiger partial charge in [-0.1, -0.05) is 60.7 Å². The summed E-state index contributed by atoms with van der Waals surface area (Å²) in [7, 11) is 0. The third-order valence-corrected chi connectivity index (χ3v) is 5.85. The molecule has 3 unspecified atom stereocenters. The quantitative estimate of drug-likeness (QED) is 0.525. The SMILES string of the molecule is O=COC(Cc1ccccc1)OC1CC2CCC(C1)N2Cc1ccccc1. The second-order valence-corrected chi connectivity index (χ2v) is 7.62. The lowest BCUT2D eigenvalue weighted by atomic mass is 9.98. The van der Waals surface area contributed by atoms with Crippen molar-refractivity contribution in [2.45, 2.75) is 63.1 Å². The number of carbonyl (C=O) groups excluding carboxylic acids is 1. The van der Waals surface area contributed by atoms with Crippen molar-refractivity contribution < 1.29 is 14.3 Å². The standard InChI is InChI=1S/C23H27NO3/c25-17-26-23(13-18-7-3-1-4-8-18)27-22-14-20-11-12-21(15-22)24(20)16-19-9-5-2-6-10-19/h1-10,17,20-23H,11-16H2. The fourth-order valence-corrected chi connectivity index (χ4v) is 4.60. The maximum Gasteiger partial charge on any atom is 0.295 e. The number of carbonyl (C=O) groups is 1. The van der Waals surface area contributed by atoms with Crippen LogP contribution in [0.15, 0.2) is 60.7 Å². The van der Waals surface area contributed by atoms with Crippen LogP contribution in [0.25, 0.3) is 0 Å². The van der Waals surface area contributed by atoms with E-state index in [0.717, 1.165) is 24.9 Å². The van der Waals surface area contributed by atoms with E-state index in [-0.39, 0.29) is 6.10 Å². The molecule has 4 rings (SSSR count). The second-order valence-electron chi connectivity index (χ2n) is 7.62. The first kappa shape index (κ1) is 18.2. The van der Waals surface area contributed by atoms with Gasteiger partial charge in [-0.15, -0.1) is 0 Å². The van der Waals surface area contributed by atoms with Crippen molar-refractivity contribution in [2.75, 3.05) is 0 Å². The lowest BCUT2D eigenvalue weighted by Crippen LogP contribution is -2.46. The molecular formula is C23H27NO3. The topological polar surface area (TPSA) is 38.8 Å². The molecule has 0 aromatic heterocycles. The van der Waals surface area contributed by atoms with Crippen LogP contribution in [0.3, 0.4) is 0 Å². The highest BCUT2D eigenvalue weighted by Crippen LogP contribution is 2.38. The first-order valence-electron chi connectivity index (χ1n) is 9.90. The Morgan fingerprint density at radius 1 is 0.926 bits per heavy atom. The van der Waals surface area contributed by atoms with E-state index in [4.69, 9.17) is 9.47 Å². The number of rotatable bonds is 8. The average Bonchev–Trinajstić information content (AvgIpc) is 2.92. The third kappa shape index (κ3) is 4.57. The number of hydrogen-bond donors (Lipinski definition) is 0. The molecule has 0 aliphatic carbocycles. The lowest BCUT2D eigenvalue weighted by Gasteiger charge is -2.39. The number of hydrogen-bond acceptors (Lipinski definition) is 4. The lowest BCUT2D eigenvalue weighted by molar-refractivity contribution is -0.184. The van der Waals surface area contributed by atoms with Crippen LogP contribution in [0.2, 0.25) is 0 Å². The van der Waals surface area contributed by atoms with Gasteiger partial charge < -0.3 is 9.47 Å². The predicted octanol–water partition coefficient (Wildman–Crippen LogP) is 3.94. The second kappa shape index (κ2) is 8.68. The summed E-state index contributed by atoms with van der Waals surface area (Å²) in [6, 6.07) is 21.9. The van der Waals surface area contributed by atoms with Crippen molar-refractivity contribution in [1.29, 1.82) is 0 Å². The van der Waals surface area contributed by atoms with E-state index in [1.165, 1.54) is 18.4 Å². The zero-order valence-corrected chi connectivity index (χ0v) is 15.6. The highest BCUT2D eigenvalue weighted by Gasteiger charge is 2.41. The summed E-state index contributed by atoms with van der Waals surface area (Å²) in [6.07, 6.45) is 4.73. The van der Waals surface area contributed by atoms with Crippen LogP contribution in [-0.4, -0.2) is 35.8 Å². The molecule has 2 aliphatic heterocycles. The summed E-state index contributed by atoms with van der Waals surface area (Å²) in [5.74, 6) is 0. The van der Waals surface area contributed by atoms with E-state index < -0.39 is 6.29 Å². The number of fused-ring (bicyclic) bond motifs is 2. The summed E-state index contributed by atoms with van der Waals surface area (Å²) in [6.45, 7) is 1.52. The summed E-state index contributed by atoms with van der Waals surface area (Å²) >= 11 is 0. The van der Waals surface area contributed by atoms with Crippen LogP contribution in [0.4, 0.5) is 0 Å². The normalized spacial score (nSPS) is 25.9. The molecule has 2 aliphatic rings. The Bertz CT molecular complexity index is 707. The number of piperidine rings is 1. The average molecular weight is 365 g/mol. The van der Waals surface area contributed by atoms with Crippen LogP contribution >= 0.6 is 0 Å². The maximum absolute atomic E-state index is 10.9. The van der Waals surface area contributed by atoms with Gasteiger partial charge in [0.2, 0.25) is 6.29 Å². The van der Waals surface area contributed by atoms with Gasteiger partial charge in [-0.2, -0.15) is 0 Å². The molecule has 0 N–H and O–H groups in total. The molecule has 2 aromatic rings. The molecular weight excluding hydrogens is 338 g/mol. The maximum atomic E-state index is 10.9. The molecule has 27 heavy (non-hydrogen) atoms. The van der Waals surface area contributed by atoms with Crippen molar-refractivity contribution in [3.8, 4) is 0 Å². The molecule has 2 fully saturated rings. The van der Waals surface area contributed by atoms with E-state index in [2.05, 4.69) is 35.2 Å². The predicted molar refractivity (Wildman–Crippen MR) is 104 cm³/mol. The van der Waals surface area contributed by atoms with Crippen LogP contribution in [-0.2, 0) is 27.2 Å². The first-order chi connectivity index (χ1) is 13.3. The van der Waals surface area contributed by atoms with Crippen LogP contribution in [0.1, 0.15) is 36.8 Å². The molecule has 2 bridgehead atoms. The van der Waals surface area contributed by atoms with Crippen molar-refractivity contribution in [2.24, 2.45) is 0 Å². The van der Waals surface area contributed by atoms with Gasteiger partial charge in [-0.25, -0.2) is 0 Å². The smallest absolute Gasteiger partial charge is 0.295 e. The van der Waals surface area contributed by atoms with Gasteiger partial charge in [0.15, 0.2) is 0 Å². The Hall–Kier alpha value is -2.17. The number of benzene rings is 2. The van der Waals surface area contributed by atoms with E-state index in [0.29, 0.717) is 25.0 Å². The molecule has 0 spiro atoms. The minimum atomic E-state index is -0.505. The van der Waals surface area contributed by atoms with E-state index in [1.54, 1.807) is 0 Å². The van der Waals surface area contributed by atoms with Crippen molar-refractivity contribution in [3.63, 3.8) is 0 Å². The summed E-state index contributed by atoms with van der Waals surface area (Å²) < 4.78 is 11.5. The Morgan fingerprint density at radius 2 is 1.52 bits per heavy atom. The first-order valence-corrected chi connectivity index (χ1v) is 9.90. The zero-order valence-electron chi connectivity index (χ0n) is 15.6. The van der Waals surface area contributed by atoms with Crippen LogP contribution in [0, 0.1) is 0 Å². The van der Waals surface area contributed by atoms with Crippen molar-refractivity contribution in [3.05, 3.63) is 71.8 Å². The third-order valence-electron chi connectivity index (χ3n) is 5.85. The van der Waals surface area contributed by atoms with Crippen molar-refractivity contribution in [1.82, 2.24) is 4.90 Å². The number of ether oxygens (including phenoxy) is 2. The summed E-state index contributed by atoms with van der Waals surface area (Å²) in [5, 5.41) is 0. The van der Waals surface area contributed by atoms with E-state index in [9.17, 15) is 4.79 Å². The van der Waals surface area contributed by atoms with Gasteiger partial charge in [0, 0.05) is 25.0 Å². The Kier molecular flexibility index (Phi) is 5.85. The van der Waals surface area contributed by atoms with Gasteiger partial charge in [-0.05, 0) is 36.8 Å². The molecule has 2 saturated heterocycles. The molecule has 142 valence electrons. The van der Waals surface area contributed by atoms with Gasteiger partial charge >= 0.3 is 0 Å². The summed E-state index contributed by atoms with van der Waals surface area (Å²) in [5.41, 5.74) is 2.49. The molecule has 0 amide bonds. The molecule has 2 aromatic carbocycles. The summed E-state index contributed by atoms with van der Waals surface area (Å²) in [4.78, 5) is 13.6. The minimum absolute atomic E-state index is 0.156. The highest BCUT2D eigenvalue weighted by atomic mass is 16.7. The Balaban J connectivity index is 1.36. The van der Waals surface area contributed by atoms with Gasteiger partial charge in [0.1, 0.15) is 0 Å². The van der Waals surface area contributed by atoms with Gasteiger partial charge in [-0.3, -0.25) is 9.69 Å². The Morgan fingerprint density at radius 3 is 2.11 bits per heavy atom. The fraction of sp³-hybridized carbons (Fsp3) is 0.435. The van der Waals surface area contributed by atoms with Gasteiger partial charge in [0.05, 0.1) is 6.10 Å². The fourth-order valence-electron chi connectivity index (χ4n) is 4.60. The van der Waals surface area contributed by atoms with Gasteiger partial charge in [0.25, 0.3) is 6.47 Å². The largest absolute Gasteiger partial charge is 0.438 e. The molecule has 2 heterocycles. The van der Waals surface area contributed by atoms with E-state index in [1.807, 2.05) is 30.3 Å². The molecule has 3 atom stereocenters. The van der Waals surface area contributed by atoms with Crippen LogP contribution in [0.5, 0.6) is 0 Å². The minimum Gasteiger partial charge on any atom is -0.438 e. The van der Waals surface area contributed by atoms with Crippen molar-refractivity contribution >= 4 is 6.47 Å².